The maximum absolute atomic E-state index is 5.89. The molecule has 2 rings (SSSR count). The first-order chi connectivity index (χ1) is 7.69. The Bertz CT molecular complexity index is 369. The van der Waals surface area contributed by atoms with Crippen molar-refractivity contribution in [2.24, 2.45) is 11.1 Å². The van der Waals surface area contributed by atoms with Crippen LogP contribution >= 0.6 is 15.9 Å². The van der Waals surface area contributed by atoms with E-state index in [9.17, 15) is 0 Å². The molecule has 1 aliphatic carbocycles. The van der Waals surface area contributed by atoms with Crippen molar-refractivity contribution in [3.8, 4) is 5.75 Å². The van der Waals surface area contributed by atoms with Crippen LogP contribution in [0.5, 0.6) is 5.75 Å². The summed E-state index contributed by atoms with van der Waals surface area (Å²) in [6.45, 7) is 0.780. The van der Waals surface area contributed by atoms with Crippen molar-refractivity contribution in [1.29, 1.82) is 0 Å². The Hall–Kier alpha value is -0.540. The summed E-state index contributed by atoms with van der Waals surface area (Å²) in [5, 5.41) is 0. The van der Waals surface area contributed by atoms with E-state index in [2.05, 4.69) is 22.0 Å². The van der Waals surface area contributed by atoms with Gasteiger partial charge in [-0.3, -0.25) is 0 Å². The fraction of sp³-hybridized carbons (Fsp3) is 0.538. The minimum absolute atomic E-state index is 0.327. The zero-order valence-corrected chi connectivity index (χ0v) is 11.2. The maximum Gasteiger partial charge on any atom is 0.122 e. The molecule has 0 radical (unpaired) electrons. The molecule has 2 nitrogen and oxygen atoms in total. The van der Waals surface area contributed by atoms with Crippen molar-refractivity contribution < 1.29 is 4.74 Å². The third-order valence-electron chi connectivity index (χ3n) is 3.66. The van der Waals surface area contributed by atoms with Crippen molar-refractivity contribution in [2.45, 2.75) is 25.7 Å². The van der Waals surface area contributed by atoms with Gasteiger partial charge >= 0.3 is 0 Å². The van der Waals surface area contributed by atoms with Crippen LogP contribution in [-0.4, -0.2) is 13.7 Å². The molecule has 0 bridgehead atoms. The summed E-state index contributed by atoms with van der Waals surface area (Å²) < 4.78 is 6.50. The van der Waals surface area contributed by atoms with Crippen molar-refractivity contribution in [2.75, 3.05) is 13.7 Å². The summed E-state index contributed by atoms with van der Waals surface area (Å²) >= 11 is 3.51. The molecular formula is C13H18BrNO. The third-order valence-corrected chi connectivity index (χ3v) is 4.15. The molecule has 0 amide bonds. The molecule has 2 N–H and O–H groups in total. The maximum atomic E-state index is 5.89. The summed E-state index contributed by atoms with van der Waals surface area (Å²) in [6.07, 6.45) is 4.85. The molecule has 1 aromatic carbocycles. The number of benzene rings is 1. The first-order valence-electron chi connectivity index (χ1n) is 5.72. The van der Waals surface area contributed by atoms with Gasteiger partial charge in [0.15, 0.2) is 0 Å². The van der Waals surface area contributed by atoms with Gasteiger partial charge in [0.05, 0.1) is 7.11 Å². The highest BCUT2D eigenvalue weighted by Gasteiger charge is 2.36. The molecule has 1 aliphatic rings. The summed E-state index contributed by atoms with van der Waals surface area (Å²) in [5.74, 6) is 0.975. The standard InChI is InChI=1S/C13H18BrNO/c1-16-12-4-3-11(14)7-10(12)8-13(9-15)5-2-6-13/h3-4,7H,2,5-6,8-9,15H2,1H3. The normalized spacial score (nSPS) is 17.9. The SMILES string of the molecule is COc1ccc(Br)cc1CC1(CN)CCC1. The van der Waals surface area contributed by atoms with Crippen molar-refractivity contribution in [3.05, 3.63) is 28.2 Å². The van der Waals surface area contributed by atoms with Crippen molar-refractivity contribution in [1.82, 2.24) is 0 Å². The Kier molecular flexibility index (Phi) is 3.55. The van der Waals surface area contributed by atoms with E-state index in [0.29, 0.717) is 5.41 Å². The quantitative estimate of drug-likeness (QED) is 0.922. The number of hydrogen-bond donors (Lipinski definition) is 1. The molecule has 0 heterocycles. The second kappa shape index (κ2) is 4.76. The predicted octanol–water partition coefficient (Wildman–Crippen LogP) is 3.13. The van der Waals surface area contributed by atoms with E-state index in [1.807, 2.05) is 12.1 Å². The highest BCUT2D eigenvalue weighted by molar-refractivity contribution is 9.10. The van der Waals surface area contributed by atoms with E-state index in [1.54, 1.807) is 7.11 Å². The molecule has 0 aliphatic heterocycles. The summed E-state index contributed by atoms with van der Waals surface area (Å²) in [7, 11) is 1.72. The lowest BCUT2D eigenvalue weighted by Gasteiger charge is -2.41. The molecule has 88 valence electrons. The molecule has 3 heteroatoms. The van der Waals surface area contributed by atoms with Crippen LogP contribution in [0.2, 0.25) is 0 Å². The van der Waals surface area contributed by atoms with Crippen LogP contribution in [0.25, 0.3) is 0 Å². The smallest absolute Gasteiger partial charge is 0.122 e. The zero-order chi connectivity index (χ0) is 11.6. The predicted molar refractivity (Wildman–Crippen MR) is 69.7 cm³/mol. The van der Waals surface area contributed by atoms with E-state index in [4.69, 9.17) is 10.5 Å². The van der Waals surface area contributed by atoms with E-state index in [0.717, 1.165) is 23.2 Å². The van der Waals surface area contributed by atoms with Gasteiger partial charge in [0.1, 0.15) is 5.75 Å². The number of halogens is 1. The number of rotatable bonds is 4. The first-order valence-corrected chi connectivity index (χ1v) is 6.51. The fourth-order valence-corrected chi connectivity index (χ4v) is 2.83. The van der Waals surface area contributed by atoms with Crippen LogP contribution < -0.4 is 10.5 Å². The van der Waals surface area contributed by atoms with Crippen LogP contribution in [0.15, 0.2) is 22.7 Å². The zero-order valence-electron chi connectivity index (χ0n) is 9.63. The lowest BCUT2D eigenvalue weighted by atomic mass is 9.65. The van der Waals surface area contributed by atoms with Gasteiger partial charge in [0.2, 0.25) is 0 Å². The average Bonchev–Trinajstić information content (AvgIpc) is 2.24. The third kappa shape index (κ3) is 2.25. The van der Waals surface area contributed by atoms with Gasteiger partial charge in [0.25, 0.3) is 0 Å². The van der Waals surface area contributed by atoms with Crippen LogP contribution in [0, 0.1) is 5.41 Å². The summed E-state index contributed by atoms with van der Waals surface area (Å²) in [6, 6.07) is 6.18. The number of hydrogen-bond acceptors (Lipinski definition) is 2. The fourth-order valence-electron chi connectivity index (χ4n) is 2.42. The first kappa shape index (κ1) is 11.9. The lowest BCUT2D eigenvalue weighted by Crippen LogP contribution is -2.39. The molecule has 0 unspecified atom stereocenters. The molecule has 16 heavy (non-hydrogen) atoms. The molecule has 1 fully saturated rings. The average molecular weight is 284 g/mol. The summed E-state index contributed by atoms with van der Waals surface area (Å²) in [4.78, 5) is 0. The minimum atomic E-state index is 0.327. The van der Waals surface area contributed by atoms with Crippen LogP contribution in [0.3, 0.4) is 0 Å². The van der Waals surface area contributed by atoms with Crippen molar-refractivity contribution in [3.63, 3.8) is 0 Å². The Morgan fingerprint density at radius 2 is 2.19 bits per heavy atom. The van der Waals surface area contributed by atoms with E-state index in [-0.39, 0.29) is 0 Å². The van der Waals surface area contributed by atoms with Crippen LogP contribution in [0.1, 0.15) is 24.8 Å². The second-order valence-electron chi connectivity index (χ2n) is 4.69. The molecular weight excluding hydrogens is 266 g/mol. The highest BCUT2D eigenvalue weighted by atomic mass is 79.9. The Labute approximate surface area is 105 Å². The molecule has 0 aromatic heterocycles. The van der Waals surface area contributed by atoms with E-state index >= 15 is 0 Å². The largest absolute Gasteiger partial charge is 0.496 e. The Balaban J connectivity index is 2.22. The Morgan fingerprint density at radius 1 is 1.44 bits per heavy atom. The summed E-state index contributed by atoms with van der Waals surface area (Å²) in [5.41, 5.74) is 7.49. The van der Waals surface area contributed by atoms with Crippen molar-refractivity contribution >= 4 is 15.9 Å². The van der Waals surface area contributed by atoms with E-state index < -0.39 is 0 Å². The monoisotopic (exact) mass is 283 g/mol. The van der Waals surface area contributed by atoms with Gasteiger partial charge in [-0.15, -0.1) is 0 Å². The minimum Gasteiger partial charge on any atom is -0.496 e. The number of nitrogens with two attached hydrogens (primary N) is 1. The molecule has 1 aromatic rings. The van der Waals surface area contributed by atoms with Crippen LogP contribution in [-0.2, 0) is 6.42 Å². The number of ether oxygens (including phenoxy) is 1. The van der Waals surface area contributed by atoms with Gasteiger partial charge < -0.3 is 10.5 Å². The topological polar surface area (TPSA) is 35.2 Å². The number of methoxy groups -OCH3 is 1. The van der Waals surface area contributed by atoms with Gasteiger partial charge in [0, 0.05) is 4.47 Å². The van der Waals surface area contributed by atoms with Gasteiger partial charge in [-0.05, 0) is 55.0 Å². The molecule has 0 saturated heterocycles. The van der Waals surface area contributed by atoms with Crippen LogP contribution in [0.4, 0.5) is 0 Å². The lowest BCUT2D eigenvalue weighted by molar-refractivity contribution is 0.143. The van der Waals surface area contributed by atoms with Gasteiger partial charge in [-0.25, -0.2) is 0 Å². The molecule has 0 spiro atoms. The van der Waals surface area contributed by atoms with Gasteiger partial charge in [-0.2, -0.15) is 0 Å². The molecule has 0 atom stereocenters. The highest BCUT2D eigenvalue weighted by Crippen LogP contribution is 2.44. The second-order valence-corrected chi connectivity index (χ2v) is 5.61. The molecule has 1 saturated carbocycles. The van der Waals surface area contributed by atoms with Gasteiger partial charge in [-0.1, -0.05) is 22.4 Å². The van der Waals surface area contributed by atoms with E-state index in [1.165, 1.54) is 24.8 Å². The Morgan fingerprint density at radius 3 is 2.69 bits per heavy atom.